The molecule has 1 atom stereocenters. The van der Waals surface area contributed by atoms with Crippen LogP contribution in [0.5, 0.6) is 5.75 Å². The van der Waals surface area contributed by atoms with Crippen LogP contribution in [0.3, 0.4) is 0 Å². The van der Waals surface area contributed by atoms with Crippen molar-refractivity contribution in [1.82, 2.24) is 19.8 Å². The standard InChI is InChI=1S/C22H25BN6O5/c23-18-13-25-22(26-14-18)24-12-16-3-4-28(15-16)21(30)17-1-2-19(29(31)32)20(11-17)34-10-7-27-5-8-33-9-6-27/h1-2,11-14,16H,3-10,15H2/b24-12+. The molecule has 1 unspecified atom stereocenters. The van der Waals surface area contributed by atoms with Crippen molar-refractivity contribution in [3.05, 3.63) is 46.3 Å². The Morgan fingerprint density at radius 2 is 2.06 bits per heavy atom. The number of rotatable bonds is 8. The number of likely N-dealkylation sites (tertiary alicyclic amines) is 1. The maximum absolute atomic E-state index is 13.1. The highest BCUT2D eigenvalue weighted by Gasteiger charge is 2.28. The van der Waals surface area contributed by atoms with Gasteiger partial charge < -0.3 is 14.4 Å². The molecule has 2 fully saturated rings. The molecule has 2 radical (unpaired) electrons. The van der Waals surface area contributed by atoms with Crippen molar-refractivity contribution in [2.45, 2.75) is 6.42 Å². The molecule has 3 heterocycles. The van der Waals surface area contributed by atoms with Gasteiger partial charge in [0.15, 0.2) is 5.75 Å². The maximum Gasteiger partial charge on any atom is 0.310 e. The van der Waals surface area contributed by atoms with Crippen LogP contribution in [0.15, 0.2) is 35.6 Å². The number of morpholine rings is 1. The fourth-order valence-corrected chi connectivity index (χ4v) is 3.87. The van der Waals surface area contributed by atoms with E-state index >= 15 is 0 Å². The first kappa shape index (κ1) is 23.8. The Kier molecular flexibility index (Phi) is 7.81. The van der Waals surface area contributed by atoms with Crippen molar-refractivity contribution in [2.24, 2.45) is 10.9 Å². The van der Waals surface area contributed by atoms with Crippen LogP contribution in [0.2, 0.25) is 0 Å². The molecular formula is C22H25BN6O5. The second kappa shape index (κ2) is 11.2. The van der Waals surface area contributed by atoms with Crippen LogP contribution >= 0.6 is 0 Å². The van der Waals surface area contributed by atoms with Crippen LogP contribution < -0.4 is 10.2 Å². The Morgan fingerprint density at radius 3 is 2.79 bits per heavy atom. The van der Waals surface area contributed by atoms with Gasteiger partial charge in [0, 0.05) is 74.9 Å². The molecule has 2 saturated heterocycles. The topological polar surface area (TPSA) is 123 Å². The van der Waals surface area contributed by atoms with Crippen LogP contribution in [0.4, 0.5) is 11.6 Å². The van der Waals surface area contributed by atoms with Gasteiger partial charge in [0.25, 0.3) is 5.91 Å². The van der Waals surface area contributed by atoms with E-state index < -0.39 is 4.92 Å². The largest absolute Gasteiger partial charge is 0.485 e. The second-order valence-corrected chi connectivity index (χ2v) is 8.14. The Morgan fingerprint density at radius 1 is 1.29 bits per heavy atom. The number of carbonyl (C=O) groups excluding carboxylic acids is 1. The van der Waals surface area contributed by atoms with Crippen LogP contribution in [-0.4, -0.2) is 97.2 Å². The van der Waals surface area contributed by atoms with Gasteiger partial charge >= 0.3 is 5.69 Å². The molecule has 1 aromatic carbocycles. The highest BCUT2D eigenvalue weighted by molar-refractivity contribution is 6.31. The predicted molar refractivity (Wildman–Crippen MR) is 125 cm³/mol. The first-order chi connectivity index (χ1) is 16.5. The Labute approximate surface area is 198 Å². The highest BCUT2D eigenvalue weighted by atomic mass is 16.6. The van der Waals surface area contributed by atoms with Crippen molar-refractivity contribution < 1.29 is 19.2 Å². The van der Waals surface area contributed by atoms with E-state index in [4.69, 9.17) is 17.3 Å². The van der Waals surface area contributed by atoms with E-state index in [1.165, 1.54) is 30.6 Å². The van der Waals surface area contributed by atoms with Crippen molar-refractivity contribution >= 4 is 37.1 Å². The molecule has 1 aromatic heterocycles. The third kappa shape index (κ3) is 6.14. The zero-order valence-electron chi connectivity index (χ0n) is 18.7. The first-order valence-corrected chi connectivity index (χ1v) is 11.1. The molecule has 176 valence electrons. The molecule has 2 aliphatic heterocycles. The van der Waals surface area contributed by atoms with E-state index in [9.17, 15) is 14.9 Å². The van der Waals surface area contributed by atoms with Crippen LogP contribution in [-0.2, 0) is 4.74 Å². The average Bonchev–Trinajstić information content (AvgIpc) is 3.33. The molecule has 0 aliphatic carbocycles. The van der Waals surface area contributed by atoms with E-state index in [2.05, 4.69) is 19.9 Å². The van der Waals surface area contributed by atoms with Gasteiger partial charge in [0.1, 0.15) is 14.5 Å². The summed E-state index contributed by atoms with van der Waals surface area (Å²) in [6.45, 7) is 4.89. The molecule has 12 heteroatoms. The highest BCUT2D eigenvalue weighted by Crippen LogP contribution is 2.29. The molecule has 0 bridgehead atoms. The van der Waals surface area contributed by atoms with Gasteiger partial charge in [-0.15, -0.1) is 0 Å². The number of hydrogen-bond acceptors (Lipinski definition) is 9. The number of hydrogen-bond donors (Lipinski definition) is 0. The van der Waals surface area contributed by atoms with Gasteiger partial charge in [-0.1, -0.05) is 5.46 Å². The van der Waals surface area contributed by atoms with Gasteiger partial charge in [0.05, 0.1) is 18.1 Å². The number of aliphatic imine (C=N–C) groups is 1. The van der Waals surface area contributed by atoms with E-state index in [1.54, 1.807) is 11.1 Å². The summed E-state index contributed by atoms with van der Waals surface area (Å²) in [5, 5.41) is 11.4. The fraction of sp³-hybridized carbons (Fsp3) is 0.455. The monoisotopic (exact) mass is 464 g/mol. The summed E-state index contributed by atoms with van der Waals surface area (Å²) < 4.78 is 11.1. The van der Waals surface area contributed by atoms with E-state index in [1.807, 2.05) is 0 Å². The minimum Gasteiger partial charge on any atom is -0.485 e. The molecule has 0 spiro atoms. The summed E-state index contributed by atoms with van der Waals surface area (Å²) in [5.74, 6) is 0.273. The average molecular weight is 464 g/mol. The molecule has 1 amide bonds. The molecule has 0 N–H and O–H groups in total. The minimum atomic E-state index is -0.500. The first-order valence-electron chi connectivity index (χ1n) is 11.1. The van der Waals surface area contributed by atoms with E-state index in [0.717, 1.165) is 19.5 Å². The number of amides is 1. The summed E-state index contributed by atoms with van der Waals surface area (Å²) >= 11 is 0. The summed E-state index contributed by atoms with van der Waals surface area (Å²) in [4.78, 5) is 40.2. The van der Waals surface area contributed by atoms with Crippen molar-refractivity contribution in [3.8, 4) is 5.75 Å². The fourth-order valence-electron chi connectivity index (χ4n) is 3.87. The zero-order valence-corrected chi connectivity index (χ0v) is 18.7. The van der Waals surface area contributed by atoms with Gasteiger partial charge in [-0.05, 0) is 12.5 Å². The van der Waals surface area contributed by atoms with Gasteiger partial charge in [-0.3, -0.25) is 19.8 Å². The maximum atomic E-state index is 13.1. The second-order valence-electron chi connectivity index (χ2n) is 8.14. The number of nitro groups is 1. The summed E-state index contributed by atoms with van der Waals surface area (Å²) in [6, 6.07) is 4.26. The van der Waals surface area contributed by atoms with Crippen LogP contribution in [0.1, 0.15) is 16.8 Å². The normalized spacial score (nSPS) is 18.9. The van der Waals surface area contributed by atoms with Crippen LogP contribution in [0, 0.1) is 16.0 Å². The van der Waals surface area contributed by atoms with Gasteiger partial charge in [-0.25, -0.2) is 15.0 Å². The summed E-state index contributed by atoms with van der Waals surface area (Å²) in [7, 11) is 5.58. The third-order valence-corrected chi connectivity index (χ3v) is 5.74. The van der Waals surface area contributed by atoms with Crippen molar-refractivity contribution in [1.29, 1.82) is 0 Å². The molecule has 2 aliphatic rings. The number of aromatic nitrogens is 2. The summed E-state index contributed by atoms with van der Waals surface area (Å²) in [5.41, 5.74) is 0.656. The SMILES string of the molecule is [B]c1cnc(/N=C/C2CCN(C(=O)c3ccc([N+](=O)[O-])c(OCCN4CCOCC4)c3)C2)nc1. The summed E-state index contributed by atoms with van der Waals surface area (Å²) in [6.07, 6.45) is 5.47. The molecule has 34 heavy (non-hydrogen) atoms. The van der Waals surface area contributed by atoms with Crippen molar-refractivity contribution in [3.63, 3.8) is 0 Å². The smallest absolute Gasteiger partial charge is 0.310 e. The number of ether oxygens (including phenoxy) is 2. The lowest BCUT2D eigenvalue weighted by atomic mass is 10.0. The van der Waals surface area contributed by atoms with E-state index in [0.29, 0.717) is 49.8 Å². The number of benzene rings is 1. The Balaban J connectivity index is 1.37. The molecule has 0 saturated carbocycles. The quantitative estimate of drug-likeness (QED) is 0.243. The van der Waals surface area contributed by atoms with Crippen LogP contribution in [0.25, 0.3) is 0 Å². The van der Waals surface area contributed by atoms with E-state index in [-0.39, 0.29) is 29.9 Å². The number of nitro benzene ring substituents is 1. The Bertz CT molecular complexity index is 1040. The van der Waals surface area contributed by atoms with Crippen molar-refractivity contribution in [2.75, 3.05) is 52.5 Å². The lowest BCUT2D eigenvalue weighted by molar-refractivity contribution is -0.385. The molecule has 11 nitrogen and oxygen atoms in total. The molecule has 2 aromatic rings. The number of carbonyl (C=O) groups is 1. The lowest BCUT2D eigenvalue weighted by Gasteiger charge is -2.26. The van der Waals surface area contributed by atoms with Gasteiger partial charge in [0.2, 0.25) is 5.95 Å². The zero-order chi connectivity index (χ0) is 23.9. The van der Waals surface area contributed by atoms with Gasteiger partial charge in [-0.2, -0.15) is 0 Å². The Hall–Kier alpha value is -3.38. The minimum absolute atomic E-state index is 0.0624. The lowest BCUT2D eigenvalue weighted by Crippen LogP contribution is -2.38. The molecule has 4 rings (SSSR count). The third-order valence-electron chi connectivity index (χ3n) is 5.74. The number of nitrogens with zero attached hydrogens (tertiary/aromatic N) is 6. The predicted octanol–water partition coefficient (Wildman–Crippen LogP) is 0.754. The molecular weight excluding hydrogens is 439 g/mol.